The zero-order valence-corrected chi connectivity index (χ0v) is 24.5. The summed E-state index contributed by atoms with van der Waals surface area (Å²) >= 11 is 0. The van der Waals surface area contributed by atoms with Crippen molar-refractivity contribution < 1.29 is 78.8 Å². The molecule has 4 fully saturated rings. The van der Waals surface area contributed by atoms with Crippen LogP contribution in [0.5, 0.6) is 5.75 Å². The number of hydrogen-bond donors (Lipinski definition) is 8. The Morgan fingerprint density at radius 1 is 0.891 bits per heavy atom. The monoisotopic (exact) mass is 654 g/mol. The Kier molecular flexibility index (Phi) is 9.43. The average molecular weight is 655 g/mol. The molecule has 3 saturated heterocycles. The third kappa shape index (κ3) is 5.93. The number of esters is 1. The van der Waals surface area contributed by atoms with Gasteiger partial charge in [-0.3, -0.25) is 0 Å². The Labute approximate surface area is 262 Å². The van der Waals surface area contributed by atoms with Gasteiger partial charge in [0.25, 0.3) is 0 Å². The van der Waals surface area contributed by atoms with E-state index >= 15 is 0 Å². The summed E-state index contributed by atoms with van der Waals surface area (Å²) in [7, 11) is 0. The van der Waals surface area contributed by atoms with Gasteiger partial charge >= 0.3 is 5.97 Å². The van der Waals surface area contributed by atoms with Crippen LogP contribution in [-0.4, -0.2) is 146 Å². The molecular formula is C30H38O16. The number of rotatable bonds is 9. The summed E-state index contributed by atoms with van der Waals surface area (Å²) in [6.07, 6.45) is -11.9. The van der Waals surface area contributed by atoms with E-state index in [-0.39, 0.29) is 5.75 Å². The van der Waals surface area contributed by atoms with Gasteiger partial charge < -0.3 is 74.0 Å². The Hall–Kier alpha value is -2.71. The number of phenols is 1. The molecule has 16 heteroatoms. The van der Waals surface area contributed by atoms with Crippen molar-refractivity contribution in [3.05, 3.63) is 48.2 Å². The molecule has 0 aromatic heterocycles. The van der Waals surface area contributed by atoms with E-state index < -0.39 is 117 Å². The first-order chi connectivity index (χ1) is 22.0. The number of hydrogen-bond acceptors (Lipinski definition) is 16. The third-order valence-electron chi connectivity index (χ3n) is 9.23. The number of epoxide rings is 1. The fourth-order valence-corrected chi connectivity index (χ4v) is 6.63. The summed E-state index contributed by atoms with van der Waals surface area (Å²) in [5, 5.41) is 81.7. The fraction of sp³-hybridized carbons (Fsp3) is 0.633. The first kappa shape index (κ1) is 33.2. The predicted octanol–water partition coefficient (Wildman–Crippen LogP) is -2.77. The highest BCUT2D eigenvalue weighted by molar-refractivity contribution is 5.87. The van der Waals surface area contributed by atoms with Crippen LogP contribution in [-0.2, 0) is 38.0 Å². The van der Waals surface area contributed by atoms with Crippen molar-refractivity contribution in [2.24, 2.45) is 11.8 Å². The second kappa shape index (κ2) is 13.1. The Bertz CT molecular complexity index is 1290. The van der Waals surface area contributed by atoms with E-state index in [9.17, 15) is 45.6 Å². The summed E-state index contributed by atoms with van der Waals surface area (Å²) in [4.78, 5) is 12.8. The van der Waals surface area contributed by atoms with Gasteiger partial charge in [-0.2, -0.15) is 0 Å². The quantitative estimate of drug-likeness (QED) is 0.0763. The number of ether oxygens (including phenoxy) is 7. The molecule has 0 amide bonds. The summed E-state index contributed by atoms with van der Waals surface area (Å²) in [6, 6.07) is 6.03. The van der Waals surface area contributed by atoms with Gasteiger partial charge in [0.05, 0.1) is 37.6 Å². The maximum absolute atomic E-state index is 12.8. The van der Waals surface area contributed by atoms with E-state index in [1.165, 1.54) is 31.4 Å². The molecule has 254 valence electrons. The van der Waals surface area contributed by atoms with Gasteiger partial charge in [-0.25, -0.2) is 4.79 Å². The molecule has 46 heavy (non-hydrogen) atoms. The highest BCUT2D eigenvalue weighted by atomic mass is 16.8. The molecule has 5 aliphatic rings. The van der Waals surface area contributed by atoms with E-state index in [2.05, 4.69) is 0 Å². The minimum Gasteiger partial charge on any atom is -0.508 e. The van der Waals surface area contributed by atoms with Gasteiger partial charge in [-0.05, 0) is 36.8 Å². The van der Waals surface area contributed by atoms with Gasteiger partial charge in [-0.15, -0.1) is 0 Å². The highest BCUT2D eigenvalue weighted by Crippen LogP contribution is 2.61. The molecule has 1 saturated carbocycles. The van der Waals surface area contributed by atoms with Crippen molar-refractivity contribution in [2.45, 2.75) is 92.4 Å². The normalized spacial score (nSPS) is 46.4. The first-order valence-corrected chi connectivity index (χ1v) is 14.9. The lowest BCUT2D eigenvalue weighted by molar-refractivity contribution is -0.347. The number of carbonyl (C=O) groups is 1. The lowest BCUT2D eigenvalue weighted by atomic mass is 9.85. The maximum Gasteiger partial charge on any atom is 0.331 e. The van der Waals surface area contributed by atoms with Gasteiger partial charge in [0, 0.05) is 12.0 Å². The van der Waals surface area contributed by atoms with E-state index in [4.69, 9.17) is 33.2 Å². The molecule has 4 aliphatic heterocycles. The van der Waals surface area contributed by atoms with Crippen LogP contribution in [0.25, 0.3) is 6.08 Å². The lowest BCUT2D eigenvalue weighted by Gasteiger charge is -2.44. The predicted molar refractivity (Wildman–Crippen MR) is 149 cm³/mol. The lowest BCUT2D eigenvalue weighted by Crippen LogP contribution is -2.61. The van der Waals surface area contributed by atoms with Crippen molar-refractivity contribution in [2.75, 3.05) is 13.2 Å². The second-order valence-corrected chi connectivity index (χ2v) is 12.0. The van der Waals surface area contributed by atoms with Gasteiger partial charge in [-0.1, -0.05) is 12.1 Å². The number of aliphatic hydroxyl groups excluding tert-OH is 7. The molecule has 4 heterocycles. The highest BCUT2D eigenvalue weighted by Gasteiger charge is 2.77. The number of benzene rings is 1. The van der Waals surface area contributed by atoms with Crippen molar-refractivity contribution in [3.8, 4) is 5.75 Å². The summed E-state index contributed by atoms with van der Waals surface area (Å²) < 4.78 is 40.6. The molecule has 16 atom stereocenters. The molecule has 0 bridgehead atoms. The summed E-state index contributed by atoms with van der Waals surface area (Å²) in [6.45, 7) is 0.353. The number of fused-ring (bicyclic) bond motifs is 3. The molecular weight excluding hydrogens is 616 g/mol. The molecule has 8 N–H and O–H groups in total. The molecule has 16 nitrogen and oxygen atoms in total. The van der Waals surface area contributed by atoms with Crippen LogP contribution < -0.4 is 0 Å². The van der Waals surface area contributed by atoms with Crippen molar-refractivity contribution in [3.63, 3.8) is 0 Å². The van der Waals surface area contributed by atoms with Crippen molar-refractivity contribution in [1.82, 2.24) is 0 Å². The minimum absolute atomic E-state index is 0.0513. The maximum atomic E-state index is 12.8. The van der Waals surface area contributed by atoms with E-state index in [1.807, 2.05) is 0 Å². The van der Waals surface area contributed by atoms with E-state index in [1.54, 1.807) is 18.2 Å². The third-order valence-corrected chi connectivity index (χ3v) is 9.23. The fourth-order valence-electron chi connectivity index (χ4n) is 6.63. The standard InChI is InChI=1S/C30H38O16/c1-12-19(35)22(38)25(43-17(34)7-4-13-2-5-14(33)6-3-13)29(41-12)44-24-15-8-9-40-27(18(15)30(11-32)26(24)46-30)45-28-23(39)21(37)20(36)16(10-31)42-28/h2-9,12,15-16,18-29,31-33,35-39H,10-11H2,1H3/t12-,15+,16+,18+,19-,20+,21-,22+,23+,24-,25+,26-,27-,28-,29-,30+/m0/s1. The van der Waals surface area contributed by atoms with Crippen molar-refractivity contribution in [1.29, 1.82) is 0 Å². The zero-order chi connectivity index (χ0) is 32.9. The van der Waals surface area contributed by atoms with Gasteiger partial charge in [0.15, 0.2) is 18.7 Å². The molecule has 1 aliphatic carbocycles. The topological polar surface area (TPSA) is 247 Å². The van der Waals surface area contributed by atoms with Crippen LogP contribution in [0.1, 0.15) is 12.5 Å². The summed E-state index contributed by atoms with van der Waals surface area (Å²) in [5.41, 5.74) is -0.650. The minimum atomic E-state index is -1.70. The second-order valence-electron chi connectivity index (χ2n) is 12.0. The number of aliphatic hydroxyl groups is 7. The Morgan fingerprint density at radius 3 is 2.33 bits per heavy atom. The molecule has 0 radical (unpaired) electrons. The van der Waals surface area contributed by atoms with Crippen LogP contribution in [0, 0.1) is 11.8 Å². The van der Waals surface area contributed by atoms with Crippen LogP contribution in [0.3, 0.4) is 0 Å². The number of phenolic OH excluding ortho intramolecular Hbond substituents is 1. The summed E-state index contributed by atoms with van der Waals surface area (Å²) in [5.74, 6) is -2.17. The Balaban J connectivity index is 1.19. The molecule has 0 unspecified atom stereocenters. The average Bonchev–Trinajstić information content (AvgIpc) is 3.72. The van der Waals surface area contributed by atoms with Gasteiger partial charge in [0.1, 0.15) is 54.1 Å². The SMILES string of the molecule is C[C@@H]1O[C@@H](O[C@H]2[C@@H]3C=CO[C@@H](O[C@@H]4O[C@H](CO)[C@@H](O)[C@H](O)[C@H]4O)[C@@H]3[C@@]3(CO)O[C@@H]23)[C@H](OC(=O)C=Cc2ccc(O)cc2)[C@H](O)[C@H]1O. The Morgan fingerprint density at radius 2 is 1.63 bits per heavy atom. The van der Waals surface area contributed by atoms with Crippen molar-refractivity contribution >= 4 is 12.0 Å². The molecule has 1 aromatic rings. The number of carbonyl (C=O) groups excluding carboxylic acids is 1. The zero-order valence-electron chi connectivity index (χ0n) is 24.5. The van der Waals surface area contributed by atoms with Crippen LogP contribution >= 0.6 is 0 Å². The molecule has 0 spiro atoms. The number of aromatic hydroxyl groups is 1. The van der Waals surface area contributed by atoms with E-state index in [0.717, 1.165) is 6.08 Å². The molecule has 1 aromatic carbocycles. The van der Waals surface area contributed by atoms with Crippen LogP contribution in [0.2, 0.25) is 0 Å². The molecule has 6 rings (SSSR count). The first-order valence-electron chi connectivity index (χ1n) is 14.9. The van der Waals surface area contributed by atoms with E-state index in [0.29, 0.717) is 5.56 Å². The van der Waals surface area contributed by atoms with Crippen LogP contribution in [0.15, 0.2) is 42.7 Å². The van der Waals surface area contributed by atoms with Crippen LogP contribution in [0.4, 0.5) is 0 Å². The largest absolute Gasteiger partial charge is 0.508 e. The van der Waals surface area contributed by atoms with Gasteiger partial charge in [0.2, 0.25) is 6.29 Å². The smallest absolute Gasteiger partial charge is 0.331 e.